The molecule has 3 aromatic heterocycles. The number of nitrogens with zero attached hydrogens (tertiary/aromatic N) is 3. The molecule has 0 unspecified atom stereocenters. The first-order valence-electron chi connectivity index (χ1n) is 13.3. The highest BCUT2D eigenvalue weighted by Gasteiger charge is 2.18. The Morgan fingerprint density at radius 1 is 0.550 bits per heavy atom. The normalized spacial score (nSPS) is 11.5. The van der Waals surface area contributed by atoms with Crippen LogP contribution in [0.25, 0.3) is 70.7 Å². The average molecular weight is 530 g/mol. The minimum Gasteiger partial charge on any atom is -0.309 e. The molecule has 0 atom stereocenters. The van der Waals surface area contributed by atoms with Crippen LogP contribution in [0.15, 0.2) is 140 Å². The van der Waals surface area contributed by atoms with Crippen molar-refractivity contribution in [3.63, 3.8) is 0 Å². The number of aromatic nitrogens is 3. The molecule has 8 aromatic rings. The van der Waals surface area contributed by atoms with Gasteiger partial charge in [-0.2, -0.15) is 0 Å². The van der Waals surface area contributed by atoms with Gasteiger partial charge in [-0.15, -0.1) is 11.3 Å². The van der Waals surface area contributed by atoms with Crippen LogP contribution in [0, 0.1) is 0 Å². The Morgan fingerprint density at radius 2 is 1.32 bits per heavy atom. The van der Waals surface area contributed by atoms with E-state index in [4.69, 9.17) is 4.98 Å². The van der Waals surface area contributed by atoms with Crippen LogP contribution in [0.3, 0.4) is 0 Å². The highest BCUT2D eigenvalue weighted by Crippen LogP contribution is 2.40. The second kappa shape index (κ2) is 9.30. The summed E-state index contributed by atoms with van der Waals surface area (Å²) in [6.45, 7) is 0. The third-order valence-electron chi connectivity index (χ3n) is 7.50. The summed E-state index contributed by atoms with van der Waals surface area (Å²) in [5, 5.41) is 3.49. The molecule has 0 aliphatic rings. The zero-order valence-electron chi connectivity index (χ0n) is 21.5. The zero-order valence-corrected chi connectivity index (χ0v) is 22.3. The van der Waals surface area contributed by atoms with Crippen molar-refractivity contribution in [2.24, 2.45) is 0 Å². The van der Waals surface area contributed by atoms with E-state index in [1.54, 1.807) is 11.3 Å². The Hall–Kier alpha value is -5.06. The maximum Gasteiger partial charge on any atom is 0.124 e. The Morgan fingerprint density at radius 3 is 2.20 bits per heavy atom. The van der Waals surface area contributed by atoms with Crippen molar-refractivity contribution in [1.82, 2.24) is 14.5 Å². The standard InChI is InChI=1S/C36H23N3S/c1-2-10-24(11-3-1)27-19-17-25(30-13-8-9-21-37-30)22-33(27)39-32-15-6-4-12-28(32)29-20-18-26(23-34(29)39)36-38-31-14-5-7-16-35(31)40-36/h1-23H. The molecule has 0 amide bonds. The van der Waals surface area contributed by atoms with Crippen molar-refractivity contribution >= 4 is 43.4 Å². The van der Waals surface area contributed by atoms with Gasteiger partial charge >= 0.3 is 0 Å². The largest absolute Gasteiger partial charge is 0.309 e. The van der Waals surface area contributed by atoms with Crippen LogP contribution in [0.4, 0.5) is 0 Å². The summed E-state index contributed by atoms with van der Waals surface area (Å²) in [7, 11) is 0. The average Bonchev–Trinajstić information content (AvgIpc) is 3.61. The molecular weight excluding hydrogens is 506 g/mol. The van der Waals surface area contributed by atoms with Gasteiger partial charge in [0.15, 0.2) is 0 Å². The lowest BCUT2D eigenvalue weighted by Gasteiger charge is -2.16. The van der Waals surface area contributed by atoms with Gasteiger partial charge < -0.3 is 4.57 Å². The smallest absolute Gasteiger partial charge is 0.124 e. The molecule has 5 aromatic carbocycles. The lowest BCUT2D eigenvalue weighted by atomic mass is 9.99. The molecule has 0 aliphatic heterocycles. The van der Waals surface area contributed by atoms with Gasteiger partial charge in [-0.05, 0) is 48.0 Å². The third-order valence-corrected chi connectivity index (χ3v) is 8.58. The predicted molar refractivity (Wildman–Crippen MR) is 168 cm³/mol. The molecule has 40 heavy (non-hydrogen) atoms. The Bertz CT molecular complexity index is 2130. The maximum absolute atomic E-state index is 4.97. The lowest BCUT2D eigenvalue weighted by molar-refractivity contribution is 1.18. The number of pyridine rings is 1. The van der Waals surface area contributed by atoms with Crippen molar-refractivity contribution in [2.45, 2.75) is 0 Å². The molecule has 8 rings (SSSR count). The van der Waals surface area contributed by atoms with E-state index in [1.165, 1.54) is 32.1 Å². The van der Waals surface area contributed by atoms with Gasteiger partial charge in [0.2, 0.25) is 0 Å². The Balaban J connectivity index is 1.44. The van der Waals surface area contributed by atoms with Gasteiger partial charge in [-0.3, -0.25) is 4.98 Å². The van der Waals surface area contributed by atoms with Gasteiger partial charge in [0, 0.05) is 33.7 Å². The van der Waals surface area contributed by atoms with Crippen molar-refractivity contribution < 1.29 is 0 Å². The quantitative estimate of drug-likeness (QED) is 0.227. The number of thiazole rings is 1. The number of hydrogen-bond donors (Lipinski definition) is 0. The minimum atomic E-state index is 0.958. The molecule has 0 bridgehead atoms. The Labute approximate surface area is 235 Å². The van der Waals surface area contributed by atoms with E-state index in [1.807, 2.05) is 24.4 Å². The monoisotopic (exact) mass is 529 g/mol. The van der Waals surface area contributed by atoms with E-state index in [9.17, 15) is 0 Å². The van der Waals surface area contributed by atoms with Crippen molar-refractivity contribution in [3.8, 4) is 38.6 Å². The number of hydrogen-bond acceptors (Lipinski definition) is 3. The third kappa shape index (κ3) is 3.73. The van der Waals surface area contributed by atoms with E-state index < -0.39 is 0 Å². The van der Waals surface area contributed by atoms with Crippen molar-refractivity contribution in [2.75, 3.05) is 0 Å². The fourth-order valence-electron chi connectivity index (χ4n) is 5.63. The number of fused-ring (bicyclic) bond motifs is 4. The first-order valence-corrected chi connectivity index (χ1v) is 14.2. The number of rotatable bonds is 4. The molecule has 0 fully saturated rings. The van der Waals surface area contributed by atoms with Gasteiger partial charge in [-0.1, -0.05) is 91.0 Å². The molecule has 188 valence electrons. The summed E-state index contributed by atoms with van der Waals surface area (Å²) < 4.78 is 3.61. The van der Waals surface area contributed by atoms with Crippen LogP contribution in [0.5, 0.6) is 0 Å². The molecule has 4 heteroatoms. The van der Waals surface area contributed by atoms with Crippen molar-refractivity contribution in [1.29, 1.82) is 0 Å². The van der Waals surface area contributed by atoms with Crippen LogP contribution in [0.1, 0.15) is 0 Å². The second-order valence-electron chi connectivity index (χ2n) is 9.88. The molecular formula is C36H23N3S. The first-order chi connectivity index (χ1) is 19.8. The lowest BCUT2D eigenvalue weighted by Crippen LogP contribution is -1.98. The summed E-state index contributed by atoms with van der Waals surface area (Å²) in [4.78, 5) is 9.62. The Kier molecular flexibility index (Phi) is 5.32. The molecule has 0 aliphatic carbocycles. The van der Waals surface area contributed by atoms with Crippen LogP contribution in [0.2, 0.25) is 0 Å². The van der Waals surface area contributed by atoms with E-state index >= 15 is 0 Å². The van der Waals surface area contributed by atoms with Crippen LogP contribution >= 0.6 is 11.3 Å². The van der Waals surface area contributed by atoms with Gasteiger partial charge in [0.25, 0.3) is 0 Å². The maximum atomic E-state index is 4.97. The van der Waals surface area contributed by atoms with Gasteiger partial charge in [-0.25, -0.2) is 4.98 Å². The summed E-state index contributed by atoms with van der Waals surface area (Å²) in [5.74, 6) is 0. The molecule has 0 spiro atoms. The highest BCUT2D eigenvalue weighted by atomic mass is 32.1. The first kappa shape index (κ1) is 22.9. The fraction of sp³-hybridized carbons (Fsp3) is 0. The van der Waals surface area contributed by atoms with Gasteiger partial charge in [0.1, 0.15) is 5.01 Å². The second-order valence-corrected chi connectivity index (χ2v) is 10.9. The molecule has 3 nitrogen and oxygen atoms in total. The van der Waals surface area contributed by atoms with Crippen LogP contribution < -0.4 is 0 Å². The van der Waals surface area contributed by atoms with Crippen LogP contribution in [-0.4, -0.2) is 14.5 Å². The van der Waals surface area contributed by atoms with E-state index in [2.05, 4.69) is 125 Å². The van der Waals surface area contributed by atoms with Gasteiger partial charge in [0.05, 0.1) is 32.6 Å². The van der Waals surface area contributed by atoms with E-state index in [0.717, 1.165) is 38.5 Å². The summed E-state index contributed by atoms with van der Waals surface area (Å²) in [5.41, 5.74) is 10.0. The molecule has 0 saturated carbocycles. The molecule has 0 saturated heterocycles. The minimum absolute atomic E-state index is 0.958. The molecule has 3 heterocycles. The summed E-state index contributed by atoms with van der Waals surface area (Å²) in [6, 6.07) is 47.2. The number of para-hydroxylation sites is 2. The summed E-state index contributed by atoms with van der Waals surface area (Å²) >= 11 is 1.74. The molecule has 0 N–H and O–H groups in total. The highest BCUT2D eigenvalue weighted by molar-refractivity contribution is 7.21. The zero-order chi connectivity index (χ0) is 26.5. The SMILES string of the molecule is c1ccc(-c2ccc(-c3ccccn3)cc2-n2c3ccccc3c3ccc(-c4nc5ccccc5s4)cc32)cc1. The molecule has 0 radical (unpaired) electrons. The topological polar surface area (TPSA) is 30.7 Å². The predicted octanol–water partition coefficient (Wildman–Crippen LogP) is 9.79. The van der Waals surface area contributed by atoms with E-state index in [-0.39, 0.29) is 0 Å². The fourth-order valence-corrected chi connectivity index (χ4v) is 6.59. The summed E-state index contributed by atoms with van der Waals surface area (Å²) in [6.07, 6.45) is 1.85. The number of benzene rings is 5. The van der Waals surface area contributed by atoms with Crippen molar-refractivity contribution in [3.05, 3.63) is 140 Å². The van der Waals surface area contributed by atoms with E-state index in [0.29, 0.717) is 0 Å². The van der Waals surface area contributed by atoms with Crippen LogP contribution in [-0.2, 0) is 0 Å².